The van der Waals surface area contributed by atoms with Gasteiger partial charge in [0.15, 0.2) is 0 Å². The summed E-state index contributed by atoms with van der Waals surface area (Å²) in [5.41, 5.74) is 1.92. The second kappa shape index (κ2) is 8.06. The standard InChI is InChI=1S/C21H26N6O2/c1-15-18(16(2)29-24-15)6-7-21(28)27-12-10-26(11-13-27)20-14-19(22-17(3)23-20)25-8-4-5-9-25/h4-5,8-9,14H,6-7,10-13H2,1-3H3. The number of hydrogen-bond donors (Lipinski definition) is 0. The molecule has 0 atom stereocenters. The number of piperazine rings is 1. The van der Waals surface area contributed by atoms with Gasteiger partial charge >= 0.3 is 0 Å². The van der Waals surface area contributed by atoms with E-state index >= 15 is 0 Å². The van der Waals surface area contributed by atoms with Gasteiger partial charge < -0.3 is 18.9 Å². The van der Waals surface area contributed by atoms with Crippen molar-refractivity contribution in [3.63, 3.8) is 0 Å². The first kappa shape index (κ1) is 19.2. The number of aromatic nitrogens is 4. The topological polar surface area (TPSA) is 80.3 Å². The molecule has 3 aromatic rings. The minimum Gasteiger partial charge on any atom is -0.361 e. The molecular weight excluding hydrogens is 368 g/mol. The van der Waals surface area contributed by atoms with Crippen LogP contribution in [0, 0.1) is 20.8 Å². The van der Waals surface area contributed by atoms with Gasteiger partial charge in [-0.3, -0.25) is 4.79 Å². The fourth-order valence-electron chi connectivity index (χ4n) is 3.75. The van der Waals surface area contributed by atoms with E-state index in [-0.39, 0.29) is 5.91 Å². The van der Waals surface area contributed by atoms with Crippen LogP contribution in [0.15, 0.2) is 35.1 Å². The van der Waals surface area contributed by atoms with E-state index in [2.05, 4.69) is 20.0 Å². The fraction of sp³-hybridized carbons (Fsp3) is 0.429. The predicted octanol–water partition coefficient (Wildman–Crippen LogP) is 2.46. The van der Waals surface area contributed by atoms with Gasteiger partial charge in [-0.2, -0.15) is 0 Å². The third kappa shape index (κ3) is 4.16. The SMILES string of the molecule is Cc1nc(N2CCN(C(=O)CCc3c(C)noc3C)CC2)cc(-n2cccc2)n1. The van der Waals surface area contributed by atoms with Crippen LogP contribution >= 0.6 is 0 Å². The van der Waals surface area contributed by atoms with Crippen molar-refractivity contribution in [3.8, 4) is 5.82 Å². The Labute approximate surface area is 170 Å². The zero-order chi connectivity index (χ0) is 20.4. The van der Waals surface area contributed by atoms with E-state index < -0.39 is 0 Å². The lowest BCUT2D eigenvalue weighted by Gasteiger charge is -2.35. The molecule has 3 aromatic heterocycles. The molecule has 1 fully saturated rings. The van der Waals surface area contributed by atoms with Gasteiger partial charge in [-0.15, -0.1) is 0 Å². The molecule has 0 unspecified atom stereocenters. The van der Waals surface area contributed by atoms with Crippen molar-refractivity contribution in [2.75, 3.05) is 31.1 Å². The Morgan fingerprint density at radius 1 is 1.03 bits per heavy atom. The summed E-state index contributed by atoms with van der Waals surface area (Å²) in [6.07, 6.45) is 5.10. The highest BCUT2D eigenvalue weighted by Crippen LogP contribution is 2.19. The van der Waals surface area contributed by atoms with Gasteiger partial charge in [-0.05, 0) is 39.3 Å². The van der Waals surface area contributed by atoms with Crippen LogP contribution in [0.5, 0.6) is 0 Å². The Kier molecular flexibility index (Phi) is 5.33. The van der Waals surface area contributed by atoms with Crippen LogP contribution in [0.1, 0.15) is 29.3 Å². The van der Waals surface area contributed by atoms with Crippen LogP contribution in [0.25, 0.3) is 5.82 Å². The third-order valence-electron chi connectivity index (χ3n) is 5.41. The van der Waals surface area contributed by atoms with Crippen molar-refractivity contribution >= 4 is 11.7 Å². The van der Waals surface area contributed by atoms with Crippen molar-refractivity contribution in [1.82, 2.24) is 24.6 Å². The Hall–Kier alpha value is -3.16. The maximum atomic E-state index is 12.7. The second-order valence-electron chi connectivity index (χ2n) is 7.39. The van der Waals surface area contributed by atoms with Crippen LogP contribution in [-0.2, 0) is 11.2 Å². The average Bonchev–Trinajstić information content (AvgIpc) is 3.36. The van der Waals surface area contributed by atoms with Gasteiger partial charge in [-0.25, -0.2) is 9.97 Å². The van der Waals surface area contributed by atoms with Gasteiger partial charge in [0.1, 0.15) is 23.2 Å². The Bertz CT molecular complexity index is 967. The number of hydrogen-bond acceptors (Lipinski definition) is 6. The van der Waals surface area contributed by atoms with Crippen molar-refractivity contribution in [1.29, 1.82) is 0 Å². The quantitative estimate of drug-likeness (QED) is 0.661. The van der Waals surface area contributed by atoms with Gasteiger partial charge in [-0.1, -0.05) is 5.16 Å². The van der Waals surface area contributed by atoms with Gasteiger partial charge in [0.25, 0.3) is 0 Å². The smallest absolute Gasteiger partial charge is 0.223 e. The first-order valence-electron chi connectivity index (χ1n) is 9.95. The van der Waals surface area contributed by atoms with E-state index in [1.807, 2.05) is 60.8 Å². The third-order valence-corrected chi connectivity index (χ3v) is 5.41. The number of amides is 1. The maximum Gasteiger partial charge on any atom is 0.223 e. The first-order valence-corrected chi connectivity index (χ1v) is 9.95. The summed E-state index contributed by atoms with van der Waals surface area (Å²) in [5, 5.41) is 3.96. The van der Waals surface area contributed by atoms with Crippen molar-refractivity contribution < 1.29 is 9.32 Å². The summed E-state index contributed by atoms with van der Waals surface area (Å²) in [7, 11) is 0. The van der Waals surface area contributed by atoms with E-state index in [0.29, 0.717) is 25.9 Å². The number of carbonyl (C=O) groups excluding carboxylic acids is 1. The van der Waals surface area contributed by atoms with Crippen molar-refractivity contribution in [2.45, 2.75) is 33.6 Å². The molecule has 1 saturated heterocycles. The molecule has 0 spiro atoms. The number of nitrogens with zero attached hydrogens (tertiary/aromatic N) is 6. The monoisotopic (exact) mass is 394 g/mol. The molecule has 1 aliphatic rings. The summed E-state index contributed by atoms with van der Waals surface area (Å²) in [6.45, 7) is 8.64. The zero-order valence-electron chi connectivity index (χ0n) is 17.1. The molecule has 0 saturated carbocycles. The van der Waals surface area contributed by atoms with Gasteiger partial charge in [0, 0.05) is 56.6 Å². The van der Waals surface area contributed by atoms with E-state index in [1.54, 1.807) is 0 Å². The molecule has 8 nitrogen and oxygen atoms in total. The zero-order valence-corrected chi connectivity index (χ0v) is 17.1. The number of carbonyl (C=O) groups is 1. The highest BCUT2D eigenvalue weighted by molar-refractivity contribution is 5.76. The Morgan fingerprint density at radius 3 is 2.38 bits per heavy atom. The van der Waals surface area contributed by atoms with Crippen LogP contribution in [-0.4, -0.2) is 56.7 Å². The highest BCUT2D eigenvalue weighted by Gasteiger charge is 2.23. The van der Waals surface area contributed by atoms with Gasteiger partial charge in [0.05, 0.1) is 5.69 Å². The molecule has 1 aliphatic heterocycles. The summed E-state index contributed by atoms with van der Waals surface area (Å²) >= 11 is 0. The minimum absolute atomic E-state index is 0.177. The molecule has 8 heteroatoms. The van der Waals surface area contributed by atoms with Crippen molar-refractivity contribution in [2.24, 2.45) is 0 Å². The molecule has 0 aromatic carbocycles. The molecule has 4 rings (SSSR count). The lowest BCUT2D eigenvalue weighted by molar-refractivity contribution is -0.131. The van der Waals surface area contributed by atoms with Crippen LogP contribution in [0.2, 0.25) is 0 Å². The number of aryl methyl sites for hydroxylation is 3. The van der Waals surface area contributed by atoms with Gasteiger partial charge in [0.2, 0.25) is 5.91 Å². The van der Waals surface area contributed by atoms with Crippen LogP contribution in [0.3, 0.4) is 0 Å². The summed E-state index contributed by atoms with van der Waals surface area (Å²) < 4.78 is 7.17. The molecule has 4 heterocycles. The molecule has 0 aliphatic carbocycles. The molecule has 29 heavy (non-hydrogen) atoms. The summed E-state index contributed by atoms with van der Waals surface area (Å²) in [6, 6.07) is 5.95. The van der Waals surface area contributed by atoms with E-state index in [4.69, 9.17) is 4.52 Å². The first-order chi connectivity index (χ1) is 14.0. The second-order valence-corrected chi connectivity index (χ2v) is 7.39. The number of anilines is 1. The Morgan fingerprint density at radius 2 is 1.72 bits per heavy atom. The lowest BCUT2D eigenvalue weighted by Crippen LogP contribution is -2.49. The highest BCUT2D eigenvalue weighted by atomic mass is 16.5. The molecular formula is C21H26N6O2. The Balaban J connectivity index is 1.36. The molecule has 0 N–H and O–H groups in total. The normalized spacial score (nSPS) is 14.4. The van der Waals surface area contributed by atoms with E-state index in [9.17, 15) is 4.79 Å². The predicted molar refractivity (Wildman–Crippen MR) is 109 cm³/mol. The van der Waals surface area contributed by atoms with E-state index in [1.165, 1.54) is 0 Å². The maximum absolute atomic E-state index is 12.7. The van der Waals surface area contributed by atoms with Crippen LogP contribution < -0.4 is 4.90 Å². The fourth-order valence-corrected chi connectivity index (χ4v) is 3.75. The molecule has 152 valence electrons. The number of rotatable bonds is 5. The van der Waals surface area contributed by atoms with Crippen molar-refractivity contribution in [3.05, 3.63) is 53.4 Å². The largest absolute Gasteiger partial charge is 0.361 e. The molecule has 0 bridgehead atoms. The molecule has 1 amide bonds. The average molecular weight is 394 g/mol. The van der Waals surface area contributed by atoms with E-state index in [0.717, 1.165) is 47.6 Å². The minimum atomic E-state index is 0.177. The summed E-state index contributed by atoms with van der Waals surface area (Å²) in [5.74, 6) is 3.48. The lowest BCUT2D eigenvalue weighted by atomic mass is 10.1. The summed E-state index contributed by atoms with van der Waals surface area (Å²) in [4.78, 5) is 25.9. The molecule has 0 radical (unpaired) electrons. The van der Waals surface area contributed by atoms with Crippen LogP contribution in [0.4, 0.5) is 5.82 Å².